The van der Waals surface area contributed by atoms with Crippen LogP contribution < -0.4 is 19.5 Å². The Balaban J connectivity index is 1.69. The first-order chi connectivity index (χ1) is 13.7. The van der Waals surface area contributed by atoms with Crippen molar-refractivity contribution in [2.45, 2.75) is 0 Å². The molecule has 0 saturated heterocycles. The first kappa shape index (κ1) is 17.7. The zero-order valence-electron chi connectivity index (χ0n) is 15.8. The number of ether oxygens (including phenoxy) is 3. The number of para-hydroxylation sites is 1. The predicted octanol–water partition coefficient (Wildman–Crippen LogP) is 4.19. The van der Waals surface area contributed by atoms with Gasteiger partial charge >= 0.3 is 0 Å². The van der Waals surface area contributed by atoms with Crippen LogP contribution in [0.3, 0.4) is 0 Å². The zero-order valence-corrected chi connectivity index (χ0v) is 15.8. The Morgan fingerprint density at radius 1 is 0.893 bits per heavy atom. The summed E-state index contributed by atoms with van der Waals surface area (Å²) in [5.74, 6) is 2.90. The van der Waals surface area contributed by atoms with E-state index in [1.807, 2.05) is 47.2 Å². The Hall–Kier alpha value is -3.74. The fourth-order valence-corrected chi connectivity index (χ4v) is 3.09. The van der Waals surface area contributed by atoms with E-state index in [0.29, 0.717) is 29.0 Å². The smallest absolute Gasteiger partial charge is 0.236 e. The molecule has 4 aromatic rings. The van der Waals surface area contributed by atoms with Gasteiger partial charge in [0.2, 0.25) is 11.7 Å². The molecule has 2 aromatic carbocycles. The molecule has 1 N–H and O–H groups in total. The van der Waals surface area contributed by atoms with Gasteiger partial charge in [-0.05, 0) is 18.2 Å². The molecule has 2 heterocycles. The predicted molar refractivity (Wildman–Crippen MR) is 108 cm³/mol. The average molecular weight is 376 g/mol. The molecule has 0 saturated carbocycles. The molecular weight excluding hydrogens is 356 g/mol. The van der Waals surface area contributed by atoms with Gasteiger partial charge in [-0.1, -0.05) is 18.2 Å². The molecular formula is C21H20N4O3. The van der Waals surface area contributed by atoms with Crippen molar-refractivity contribution in [1.29, 1.82) is 0 Å². The number of nitrogens with one attached hydrogen (secondary N) is 1. The van der Waals surface area contributed by atoms with Crippen molar-refractivity contribution >= 4 is 22.4 Å². The molecule has 7 heteroatoms. The van der Waals surface area contributed by atoms with Gasteiger partial charge < -0.3 is 19.5 Å². The molecule has 0 radical (unpaired) electrons. The van der Waals surface area contributed by atoms with Crippen LogP contribution in [0.2, 0.25) is 0 Å². The van der Waals surface area contributed by atoms with E-state index in [-0.39, 0.29) is 0 Å². The number of methoxy groups -OCH3 is 3. The Morgan fingerprint density at radius 3 is 2.36 bits per heavy atom. The standard InChI is InChI=1S/C21H20N4O3/c1-26-17-12-15(13-18(27-2)20(17)28-3)23-19-8-10-22-21(24-19)25-11-9-14-6-4-5-7-16(14)25/h4-13H,1-3H3,(H,22,23,24). The first-order valence-corrected chi connectivity index (χ1v) is 8.70. The monoisotopic (exact) mass is 376 g/mol. The second kappa shape index (κ2) is 7.48. The van der Waals surface area contributed by atoms with Crippen LogP contribution in [0.15, 0.2) is 60.9 Å². The van der Waals surface area contributed by atoms with Crippen LogP contribution >= 0.6 is 0 Å². The summed E-state index contributed by atoms with van der Waals surface area (Å²) in [6.07, 6.45) is 3.68. The Kier molecular flexibility index (Phi) is 4.72. The van der Waals surface area contributed by atoms with Crippen LogP contribution in [-0.4, -0.2) is 35.9 Å². The van der Waals surface area contributed by atoms with Crippen molar-refractivity contribution in [3.8, 4) is 23.2 Å². The number of hydrogen-bond acceptors (Lipinski definition) is 6. The lowest BCUT2D eigenvalue weighted by molar-refractivity contribution is 0.324. The van der Waals surface area contributed by atoms with E-state index < -0.39 is 0 Å². The van der Waals surface area contributed by atoms with E-state index in [2.05, 4.69) is 21.4 Å². The molecule has 0 atom stereocenters. The van der Waals surface area contributed by atoms with E-state index in [1.165, 1.54) is 0 Å². The summed E-state index contributed by atoms with van der Waals surface area (Å²) in [6, 6.07) is 15.6. The van der Waals surface area contributed by atoms with Gasteiger partial charge in [0.05, 0.1) is 26.8 Å². The summed E-state index contributed by atoms with van der Waals surface area (Å²) in [7, 11) is 4.74. The minimum absolute atomic E-state index is 0.540. The quantitative estimate of drug-likeness (QED) is 0.544. The lowest BCUT2D eigenvalue weighted by Crippen LogP contribution is -2.03. The first-order valence-electron chi connectivity index (χ1n) is 8.70. The third-order valence-electron chi connectivity index (χ3n) is 4.39. The Morgan fingerprint density at radius 2 is 1.64 bits per heavy atom. The van der Waals surface area contributed by atoms with Crippen LogP contribution in [0, 0.1) is 0 Å². The normalized spacial score (nSPS) is 10.7. The van der Waals surface area contributed by atoms with E-state index in [0.717, 1.165) is 16.6 Å². The van der Waals surface area contributed by atoms with Gasteiger partial charge in [0.1, 0.15) is 5.82 Å². The highest BCUT2D eigenvalue weighted by Crippen LogP contribution is 2.40. The van der Waals surface area contributed by atoms with Gasteiger partial charge in [0, 0.05) is 35.6 Å². The van der Waals surface area contributed by atoms with E-state index in [1.54, 1.807) is 33.6 Å². The highest BCUT2D eigenvalue weighted by molar-refractivity contribution is 5.81. The fraction of sp³-hybridized carbons (Fsp3) is 0.143. The van der Waals surface area contributed by atoms with Crippen molar-refractivity contribution in [3.63, 3.8) is 0 Å². The maximum absolute atomic E-state index is 5.41. The molecule has 142 valence electrons. The van der Waals surface area contributed by atoms with Gasteiger partial charge in [-0.15, -0.1) is 0 Å². The molecule has 0 spiro atoms. The maximum Gasteiger partial charge on any atom is 0.236 e. The molecule has 28 heavy (non-hydrogen) atoms. The molecule has 7 nitrogen and oxygen atoms in total. The lowest BCUT2D eigenvalue weighted by Gasteiger charge is -2.15. The van der Waals surface area contributed by atoms with Gasteiger partial charge in [0.15, 0.2) is 11.5 Å². The van der Waals surface area contributed by atoms with Crippen LogP contribution in [0.5, 0.6) is 17.2 Å². The number of nitrogens with zero attached hydrogens (tertiary/aromatic N) is 3. The van der Waals surface area contributed by atoms with Crippen molar-refractivity contribution in [1.82, 2.24) is 14.5 Å². The Bertz CT molecular complexity index is 1100. The van der Waals surface area contributed by atoms with E-state index >= 15 is 0 Å². The van der Waals surface area contributed by atoms with Crippen LogP contribution in [-0.2, 0) is 0 Å². The number of fused-ring (bicyclic) bond motifs is 1. The number of aromatic nitrogens is 3. The number of rotatable bonds is 6. The van der Waals surface area contributed by atoms with Crippen LogP contribution in [0.25, 0.3) is 16.9 Å². The summed E-state index contributed by atoms with van der Waals surface area (Å²) >= 11 is 0. The van der Waals surface area contributed by atoms with Crippen molar-refractivity contribution in [2.75, 3.05) is 26.6 Å². The topological polar surface area (TPSA) is 70.4 Å². The summed E-state index contributed by atoms with van der Waals surface area (Å²) in [4.78, 5) is 9.05. The van der Waals surface area contributed by atoms with E-state index in [9.17, 15) is 0 Å². The molecule has 0 bridgehead atoms. The second-order valence-electron chi connectivity index (χ2n) is 6.03. The minimum atomic E-state index is 0.540. The molecule has 4 rings (SSSR count). The molecule has 0 aliphatic rings. The zero-order chi connectivity index (χ0) is 19.5. The highest BCUT2D eigenvalue weighted by atomic mass is 16.5. The van der Waals surface area contributed by atoms with Gasteiger partial charge in [-0.2, -0.15) is 4.98 Å². The third kappa shape index (κ3) is 3.18. The summed E-state index contributed by atoms with van der Waals surface area (Å²) < 4.78 is 18.1. The Labute approximate surface area is 162 Å². The molecule has 0 fully saturated rings. The van der Waals surface area contributed by atoms with Gasteiger partial charge in [-0.3, -0.25) is 4.57 Å². The largest absolute Gasteiger partial charge is 0.493 e. The summed E-state index contributed by atoms with van der Waals surface area (Å²) in [5, 5.41) is 4.41. The summed E-state index contributed by atoms with van der Waals surface area (Å²) in [6.45, 7) is 0. The minimum Gasteiger partial charge on any atom is -0.493 e. The molecule has 0 aliphatic carbocycles. The van der Waals surface area contributed by atoms with Crippen molar-refractivity contribution in [2.24, 2.45) is 0 Å². The van der Waals surface area contributed by atoms with Crippen molar-refractivity contribution < 1.29 is 14.2 Å². The number of benzene rings is 2. The summed E-state index contributed by atoms with van der Waals surface area (Å²) in [5.41, 5.74) is 1.81. The maximum atomic E-state index is 5.41. The number of anilines is 2. The van der Waals surface area contributed by atoms with E-state index in [4.69, 9.17) is 14.2 Å². The fourth-order valence-electron chi connectivity index (χ4n) is 3.09. The van der Waals surface area contributed by atoms with Crippen molar-refractivity contribution in [3.05, 3.63) is 60.9 Å². The molecule has 0 aliphatic heterocycles. The lowest BCUT2D eigenvalue weighted by atomic mass is 10.2. The molecule has 2 aromatic heterocycles. The average Bonchev–Trinajstić information content (AvgIpc) is 3.17. The highest BCUT2D eigenvalue weighted by Gasteiger charge is 2.14. The second-order valence-corrected chi connectivity index (χ2v) is 6.03. The van der Waals surface area contributed by atoms with Crippen LogP contribution in [0.4, 0.5) is 11.5 Å². The SMILES string of the molecule is COc1cc(Nc2ccnc(-n3ccc4ccccc43)n2)cc(OC)c1OC. The number of hydrogen-bond donors (Lipinski definition) is 1. The van der Waals surface area contributed by atoms with Gasteiger partial charge in [0.25, 0.3) is 0 Å². The molecule has 0 amide bonds. The van der Waals surface area contributed by atoms with Crippen LogP contribution in [0.1, 0.15) is 0 Å². The molecule has 0 unspecified atom stereocenters. The third-order valence-corrected chi connectivity index (χ3v) is 4.39. The van der Waals surface area contributed by atoms with Gasteiger partial charge in [-0.25, -0.2) is 4.98 Å².